The lowest BCUT2D eigenvalue weighted by Crippen LogP contribution is -2.23. The first-order chi connectivity index (χ1) is 31.0. The van der Waals surface area contributed by atoms with Crippen LogP contribution in [0.5, 0.6) is 0 Å². The predicted octanol–water partition coefficient (Wildman–Crippen LogP) is 16.2. The van der Waals surface area contributed by atoms with E-state index in [0.717, 1.165) is 36.8 Å². The summed E-state index contributed by atoms with van der Waals surface area (Å²) < 4.78 is 6.48. The molecule has 4 unspecified atom stereocenters. The van der Waals surface area contributed by atoms with Gasteiger partial charge < -0.3 is 4.42 Å². The van der Waals surface area contributed by atoms with Crippen molar-refractivity contribution in [2.45, 2.75) is 62.7 Å². The van der Waals surface area contributed by atoms with Gasteiger partial charge in [-0.3, -0.25) is 0 Å². The van der Waals surface area contributed by atoms with Gasteiger partial charge in [0.1, 0.15) is 11.2 Å². The summed E-state index contributed by atoms with van der Waals surface area (Å²) in [5.41, 5.74) is 16.7. The monoisotopic (exact) mass is 812 g/mol. The number of fused-ring (bicyclic) bond motifs is 8. The molecule has 0 saturated heterocycles. The fraction of sp³-hybridized carbons (Fsp3) is 0.161. The van der Waals surface area contributed by atoms with Crippen molar-refractivity contribution in [2.75, 3.05) is 0 Å². The van der Waals surface area contributed by atoms with Gasteiger partial charge >= 0.3 is 0 Å². The predicted molar refractivity (Wildman–Crippen MR) is 264 cm³/mol. The van der Waals surface area contributed by atoms with Gasteiger partial charge in [0, 0.05) is 16.2 Å². The lowest BCUT2D eigenvalue weighted by atomic mass is 9.72. The molecule has 1 aromatic heterocycles. The Labute approximate surface area is 371 Å². The molecule has 306 valence electrons. The summed E-state index contributed by atoms with van der Waals surface area (Å²) in [6.45, 7) is 4.94. The highest BCUT2D eigenvalue weighted by Crippen LogP contribution is 2.56. The molecule has 1 heterocycles. The molecule has 0 spiro atoms. The lowest BCUT2D eigenvalue weighted by Gasteiger charge is -2.31. The van der Waals surface area contributed by atoms with Crippen LogP contribution in [0.3, 0.4) is 0 Å². The second-order valence-electron chi connectivity index (χ2n) is 18.0. The standard InChI is InChI=1S/C62H52O/c1-42(55(39-44-22-9-4-10-23-44)52-31-19-33-59-61(52)54-30-17-18-32-58(54)63-59)46-36-37-53-56(40-46)62(2,49-26-13-6-14-27-49)57-41-48(50-28-15-16-29-51(50)60(53)57)35-34-47(45-24-11-5-12-25-45)38-43-20-7-3-8-21-43/h3-33,36-37,40-42,47,55H,34-35,38-39H2,1-2H3. The summed E-state index contributed by atoms with van der Waals surface area (Å²) in [7, 11) is 0. The Bertz CT molecular complexity index is 3200. The number of furan rings is 1. The summed E-state index contributed by atoms with van der Waals surface area (Å²) in [5, 5.41) is 5.14. The van der Waals surface area contributed by atoms with E-state index >= 15 is 0 Å². The maximum atomic E-state index is 6.48. The van der Waals surface area contributed by atoms with Gasteiger partial charge in [-0.1, -0.05) is 207 Å². The van der Waals surface area contributed by atoms with E-state index in [0.29, 0.717) is 5.92 Å². The van der Waals surface area contributed by atoms with Crippen molar-refractivity contribution in [2.24, 2.45) is 0 Å². The maximum Gasteiger partial charge on any atom is 0.135 e. The molecule has 4 atom stereocenters. The highest BCUT2D eigenvalue weighted by Gasteiger charge is 2.43. The minimum atomic E-state index is -0.348. The molecule has 1 aliphatic rings. The summed E-state index contributed by atoms with van der Waals surface area (Å²) in [6, 6.07) is 78.9. The van der Waals surface area contributed by atoms with Crippen molar-refractivity contribution in [3.05, 3.63) is 262 Å². The van der Waals surface area contributed by atoms with E-state index in [1.165, 1.54) is 82.7 Å². The van der Waals surface area contributed by atoms with Gasteiger partial charge in [-0.25, -0.2) is 0 Å². The smallest absolute Gasteiger partial charge is 0.135 e. The molecule has 0 aliphatic heterocycles. The fourth-order valence-electron chi connectivity index (χ4n) is 11.2. The van der Waals surface area contributed by atoms with E-state index < -0.39 is 0 Å². The number of para-hydroxylation sites is 1. The number of hydrogen-bond acceptors (Lipinski definition) is 1. The molecule has 0 bridgehead atoms. The number of hydrogen-bond donors (Lipinski definition) is 0. The Morgan fingerprint density at radius 1 is 0.492 bits per heavy atom. The maximum absolute atomic E-state index is 6.48. The van der Waals surface area contributed by atoms with Gasteiger partial charge in [0.15, 0.2) is 0 Å². The van der Waals surface area contributed by atoms with Crippen LogP contribution < -0.4 is 0 Å². The van der Waals surface area contributed by atoms with Crippen LogP contribution in [0.15, 0.2) is 217 Å². The summed E-state index contributed by atoms with van der Waals surface area (Å²) in [4.78, 5) is 0. The average molecular weight is 813 g/mol. The molecule has 0 amide bonds. The van der Waals surface area contributed by atoms with E-state index in [1.807, 2.05) is 0 Å². The summed E-state index contributed by atoms with van der Waals surface area (Å²) in [5.74, 6) is 0.838. The highest BCUT2D eigenvalue weighted by molar-refractivity contribution is 6.07. The van der Waals surface area contributed by atoms with Gasteiger partial charge in [0.25, 0.3) is 0 Å². The van der Waals surface area contributed by atoms with E-state index in [1.54, 1.807) is 0 Å². The molecule has 11 rings (SSSR count). The Balaban J connectivity index is 1.04. The zero-order valence-corrected chi connectivity index (χ0v) is 36.2. The molecular weight excluding hydrogens is 761 g/mol. The quantitative estimate of drug-likeness (QED) is 0.120. The Hall–Kier alpha value is -6.96. The first kappa shape index (κ1) is 38.9. The van der Waals surface area contributed by atoms with Crippen LogP contribution >= 0.6 is 0 Å². The second kappa shape index (κ2) is 16.4. The van der Waals surface area contributed by atoms with E-state index in [-0.39, 0.29) is 17.3 Å². The zero-order valence-electron chi connectivity index (χ0n) is 36.2. The SMILES string of the molecule is CC(c1ccc2c(c1)C(C)(c1ccccc1)c1cc(CCC(Cc3ccccc3)c3ccccc3)c3ccccc3c1-2)C(Cc1ccccc1)c1cccc2oc3ccccc3c12. The number of benzene rings is 9. The molecule has 9 aromatic carbocycles. The minimum absolute atomic E-state index is 0.211. The Morgan fingerprint density at radius 2 is 1.10 bits per heavy atom. The van der Waals surface area contributed by atoms with Gasteiger partial charge in [0.05, 0.1) is 0 Å². The molecule has 0 fully saturated rings. The first-order valence-electron chi connectivity index (χ1n) is 22.8. The molecule has 0 saturated carbocycles. The van der Waals surface area contributed by atoms with Gasteiger partial charge in [-0.05, 0) is 134 Å². The fourth-order valence-corrected chi connectivity index (χ4v) is 11.2. The number of rotatable bonds is 12. The van der Waals surface area contributed by atoms with Gasteiger partial charge in [-0.15, -0.1) is 0 Å². The molecule has 1 aliphatic carbocycles. The highest BCUT2D eigenvalue weighted by atomic mass is 16.3. The molecule has 63 heavy (non-hydrogen) atoms. The average Bonchev–Trinajstić information content (AvgIpc) is 3.86. The molecule has 0 radical (unpaired) electrons. The summed E-state index contributed by atoms with van der Waals surface area (Å²) in [6.07, 6.45) is 4.02. The van der Waals surface area contributed by atoms with Crippen molar-refractivity contribution >= 4 is 32.7 Å². The van der Waals surface area contributed by atoms with E-state index in [9.17, 15) is 0 Å². The third-order valence-corrected chi connectivity index (χ3v) is 14.5. The molecule has 10 aromatic rings. The van der Waals surface area contributed by atoms with Crippen molar-refractivity contribution < 1.29 is 4.42 Å². The van der Waals surface area contributed by atoms with Crippen LogP contribution in [0.4, 0.5) is 0 Å². The topological polar surface area (TPSA) is 13.1 Å². The normalized spacial score (nSPS) is 15.9. The van der Waals surface area contributed by atoms with E-state index in [2.05, 4.69) is 226 Å². The zero-order chi connectivity index (χ0) is 42.3. The van der Waals surface area contributed by atoms with Crippen LogP contribution in [0.2, 0.25) is 0 Å². The van der Waals surface area contributed by atoms with Gasteiger partial charge in [-0.2, -0.15) is 0 Å². The first-order valence-corrected chi connectivity index (χ1v) is 22.8. The van der Waals surface area contributed by atoms with Crippen molar-refractivity contribution in [1.82, 2.24) is 0 Å². The van der Waals surface area contributed by atoms with Crippen molar-refractivity contribution in [3.8, 4) is 11.1 Å². The Morgan fingerprint density at radius 3 is 1.83 bits per heavy atom. The molecule has 1 heteroatoms. The second-order valence-corrected chi connectivity index (χ2v) is 18.0. The Kier molecular flexibility index (Phi) is 10.1. The van der Waals surface area contributed by atoms with Crippen LogP contribution in [-0.4, -0.2) is 0 Å². The van der Waals surface area contributed by atoms with Crippen molar-refractivity contribution in [1.29, 1.82) is 0 Å². The van der Waals surface area contributed by atoms with Crippen LogP contribution in [0.1, 0.15) is 88.1 Å². The molecule has 1 nitrogen and oxygen atoms in total. The minimum Gasteiger partial charge on any atom is -0.456 e. The van der Waals surface area contributed by atoms with E-state index in [4.69, 9.17) is 4.42 Å². The molecular formula is C62H52O. The molecule has 0 N–H and O–H groups in total. The van der Waals surface area contributed by atoms with Crippen LogP contribution in [-0.2, 0) is 24.7 Å². The largest absolute Gasteiger partial charge is 0.456 e. The van der Waals surface area contributed by atoms with Gasteiger partial charge in [0.2, 0.25) is 0 Å². The van der Waals surface area contributed by atoms with Crippen molar-refractivity contribution in [3.63, 3.8) is 0 Å². The van der Waals surface area contributed by atoms with Crippen LogP contribution in [0, 0.1) is 0 Å². The number of aryl methyl sites for hydroxylation is 1. The van der Waals surface area contributed by atoms with Crippen LogP contribution in [0.25, 0.3) is 43.8 Å². The lowest BCUT2D eigenvalue weighted by molar-refractivity contribution is 0.574. The third kappa shape index (κ3) is 6.97. The third-order valence-electron chi connectivity index (χ3n) is 14.5. The summed E-state index contributed by atoms with van der Waals surface area (Å²) >= 11 is 0.